The second-order valence-electron chi connectivity index (χ2n) is 6.64. The standard InChI is InChI=1S/C18H23N3O3/c1-12(22)19-14-5-4-6-15(10-14)20-18(24)13-9-17(23)21(11-13)16-7-2-3-8-16/h4-6,10,13,16H,2-3,7-9,11H2,1H3,(H,19,22)(H,20,24)/t13-/m1/s1. The molecule has 1 saturated heterocycles. The number of anilines is 2. The monoisotopic (exact) mass is 329 g/mol. The molecule has 0 spiro atoms. The molecule has 3 amide bonds. The third kappa shape index (κ3) is 3.75. The van der Waals surface area contributed by atoms with Crippen molar-refractivity contribution in [2.45, 2.75) is 45.1 Å². The summed E-state index contributed by atoms with van der Waals surface area (Å²) < 4.78 is 0. The summed E-state index contributed by atoms with van der Waals surface area (Å²) in [5.74, 6) is -0.507. The first-order valence-electron chi connectivity index (χ1n) is 8.51. The Balaban J connectivity index is 1.61. The zero-order valence-electron chi connectivity index (χ0n) is 13.9. The van der Waals surface area contributed by atoms with Gasteiger partial charge >= 0.3 is 0 Å². The van der Waals surface area contributed by atoms with Crippen LogP contribution in [0.1, 0.15) is 39.0 Å². The summed E-state index contributed by atoms with van der Waals surface area (Å²) in [4.78, 5) is 37.7. The van der Waals surface area contributed by atoms with E-state index in [1.54, 1.807) is 24.3 Å². The van der Waals surface area contributed by atoms with Gasteiger partial charge < -0.3 is 15.5 Å². The molecule has 2 N–H and O–H groups in total. The van der Waals surface area contributed by atoms with Gasteiger partial charge in [-0.1, -0.05) is 18.9 Å². The summed E-state index contributed by atoms with van der Waals surface area (Å²) in [6, 6.07) is 7.33. The Morgan fingerprint density at radius 2 is 1.79 bits per heavy atom. The van der Waals surface area contributed by atoms with Crippen molar-refractivity contribution in [3.05, 3.63) is 24.3 Å². The van der Waals surface area contributed by atoms with E-state index >= 15 is 0 Å². The number of likely N-dealkylation sites (tertiary alicyclic amines) is 1. The Morgan fingerprint density at radius 3 is 2.46 bits per heavy atom. The van der Waals surface area contributed by atoms with Crippen LogP contribution >= 0.6 is 0 Å². The lowest BCUT2D eigenvalue weighted by Gasteiger charge is -2.23. The number of amides is 3. The Morgan fingerprint density at radius 1 is 1.12 bits per heavy atom. The molecule has 6 heteroatoms. The highest BCUT2D eigenvalue weighted by Gasteiger charge is 2.38. The highest BCUT2D eigenvalue weighted by atomic mass is 16.2. The third-order valence-corrected chi connectivity index (χ3v) is 4.75. The fraction of sp³-hybridized carbons (Fsp3) is 0.500. The van der Waals surface area contributed by atoms with Crippen LogP contribution in [0, 0.1) is 5.92 Å². The fourth-order valence-corrected chi connectivity index (χ4v) is 3.60. The van der Waals surface area contributed by atoms with E-state index < -0.39 is 0 Å². The van der Waals surface area contributed by atoms with E-state index in [1.165, 1.54) is 19.8 Å². The number of benzene rings is 1. The number of carbonyl (C=O) groups is 3. The Hall–Kier alpha value is -2.37. The van der Waals surface area contributed by atoms with Gasteiger partial charge in [0.1, 0.15) is 0 Å². The zero-order valence-corrected chi connectivity index (χ0v) is 13.9. The molecule has 128 valence electrons. The minimum Gasteiger partial charge on any atom is -0.339 e. The summed E-state index contributed by atoms with van der Waals surface area (Å²) in [5, 5.41) is 5.55. The second kappa shape index (κ2) is 7.03. The molecule has 1 aliphatic heterocycles. The maximum Gasteiger partial charge on any atom is 0.229 e. The van der Waals surface area contributed by atoms with Crippen molar-refractivity contribution in [3.8, 4) is 0 Å². The predicted octanol–water partition coefficient (Wildman–Crippen LogP) is 2.37. The smallest absolute Gasteiger partial charge is 0.229 e. The fourth-order valence-electron chi connectivity index (χ4n) is 3.60. The maximum atomic E-state index is 12.5. The van der Waals surface area contributed by atoms with Gasteiger partial charge in [-0.25, -0.2) is 0 Å². The summed E-state index contributed by atoms with van der Waals surface area (Å²) in [6.45, 7) is 1.95. The first kappa shape index (κ1) is 16.5. The molecule has 1 aromatic rings. The lowest BCUT2D eigenvalue weighted by atomic mass is 10.1. The van der Waals surface area contributed by atoms with E-state index in [0.29, 0.717) is 24.0 Å². The van der Waals surface area contributed by atoms with Crippen LogP contribution < -0.4 is 10.6 Å². The number of rotatable bonds is 4. The third-order valence-electron chi connectivity index (χ3n) is 4.75. The van der Waals surface area contributed by atoms with Gasteiger partial charge in [0.25, 0.3) is 0 Å². The summed E-state index contributed by atoms with van der Waals surface area (Å²) in [7, 11) is 0. The largest absolute Gasteiger partial charge is 0.339 e. The van der Waals surface area contributed by atoms with Crippen LogP contribution in [-0.4, -0.2) is 35.2 Å². The van der Waals surface area contributed by atoms with Crippen molar-refractivity contribution >= 4 is 29.1 Å². The average Bonchev–Trinajstić information content (AvgIpc) is 3.16. The lowest BCUT2D eigenvalue weighted by Crippen LogP contribution is -2.35. The van der Waals surface area contributed by atoms with Crippen molar-refractivity contribution in [2.75, 3.05) is 17.2 Å². The van der Waals surface area contributed by atoms with Gasteiger partial charge in [-0.3, -0.25) is 14.4 Å². The molecular formula is C18H23N3O3. The van der Waals surface area contributed by atoms with Crippen LogP contribution in [0.2, 0.25) is 0 Å². The quantitative estimate of drug-likeness (QED) is 0.890. The lowest BCUT2D eigenvalue weighted by molar-refractivity contribution is -0.130. The zero-order chi connectivity index (χ0) is 17.1. The summed E-state index contributed by atoms with van der Waals surface area (Å²) >= 11 is 0. The molecule has 1 saturated carbocycles. The van der Waals surface area contributed by atoms with E-state index in [9.17, 15) is 14.4 Å². The van der Waals surface area contributed by atoms with Crippen molar-refractivity contribution < 1.29 is 14.4 Å². The molecule has 3 rings (SSSR count). The van der Waals surface area contributed by atoms with Crippen LogP contribution in [0.4, 0.5) is 11.4 Å². The average molecular weight is 329 g/mol. The predicted molar refractivity (Wildman–Crippen MR) is 91.5 cm³/mol. The van der Waals surface area contributed by atoms with E-state index in [2.05, 4.69) is 10.6 Å². The van der Waals surface area contributed by atoms with Crippen LogP contribution in [0.25, 0.3) is 0 Å². The van der Waals surface area contributed by atoms with Gasteiger partial charge in [-0.2, -0.15) is 0 Å². The molecule has 6 nitrogen and oxygen atoms in total. The molecule has 1 heterocycles. The normalized spacial score (nSPS) is 21.1. The Bertz CT molecular complexity index is 653. The number of hydrogen-bond donors (Lipinski definition) is 2. The van der Waals surface area contributed by atoms with E-state index in [0.717, 1.165) is 12.8 Å². The number of carbonyl (C=O) groups excluding carboxylic acids is 3. The molecule has 2 fully saturated rings. The van der Waals surface area contributed by atoms with Gasteiger partial charge in [0, 0.05) is 37.3 Å². The molecule has 0 bridgehead atoms. The first-order chi connectivity index (χ1) is 11.5. The van der Waals surface area contributed by atoms with Crippen LogP contribution in [0.5, 0.6) is 0 Å². The van der Waals surface area contributed by atoms with Gasteiger partial charge in [0.05, 0.1) is 5.92 Å². The molecular weight excluding hydrogens is 306 g/mol. The SMILES string of the molecule is CC(=O)Nc1cccc(NC(=O)[C@@H]2CC(=O)N(C3CCCC3)C2)c1. The highest BCUT2D eigenvalue weighted by molar-refractivity contribution is 5.98. The molecule has 0 radical (unpaired) electrons. The summed E-state index contributed by atoms with van der Waals surface area (Å²) in [5.41, 5.74) is 1.26. The Kier molecular flexibility index (Phi) is 4.83. The summed E-state index contributed by atoms with van der Waals surface area (Å²) in [6.07, 6.45) is 4.73. The maximum absolute atomic E-state index is 12.5. The number of hydrogen-bond acceptors (Lipinski definition) is 3. The molecule has 24 heavy (non-hydrogen) atoms. The minimum absolute atomic E-state index is 0.0917. The molecule has 0 aromatic heterocycles. The van der Waals surface area contributed by atoms with Crippen molar-refractivity contribution in [1.29, 1.82) is 0 Å². The van der Waals surface area contributed by atoms with Crippen LogP contribution in [-0.2, 0) is 14.4 Å². The van der Waals surface area contributed by atoms with Crippen molar-refractivity contribution in [2.24, 2.45) is 5.92 Å². The molecule has 1 atom stereocenters. The molecule has 0 unspecified atom stereocenters. The number of nitrogens with zero attached hydrogens (tertiary/aromatic N) is 1. The molecule has 1 aromatic carbocycles. The van der Waals surface area contributed by atoms with Gasteiger partial charge in [0.2, 0.25) is 17.7 Å². The van der Waals surface area contributed by atoms with Gasteiger partial charge in [-0.15, -0.1) is 0 Å². The van der Waals surface area contributed by atoms with Crippen LogP contribution in [0.3, 0.4) is 0 Å². The minimum atomic E-state index is -0.303. The highest BCUT2D eigenvalue weighted by Crippen LogP contribution is 2.30. The van der Waals surface area contributed by atoms with Crippen molar-refractivity contribution in [3.63, 3.8) is 0 Å². The Labute approximate surface area is 141 Å². The van der Waals surface area contributed by atoms with E-state index in [4.69, 9.17) is 0 Å². The number of nitrogens with one attached hydrogen (secondary N) is 2. The van der Waals surface area contributed by atoms with E-state index in [1.807, 2.05) is 4.90 Å². The molecule has 2 aliphatic rings. The van der Waals surface area contributed by atoms with Gasteiger partial charge in [-0.05, 0) is 31.0 Å². The second-order valence-corrected chi connectivity index (χ2v) is 6.64. The van der Waals surface area contributed by atoms with Crippen molar-refractivity contribution in [1.82, 2.24) is 4.90 Å². The van der Waals surface area contributed by atoms with Gasteiger partial charge in [0.15, 0.2) is 0 Å². The first-order valence-corrected chi connectivity index (χ1v) is 8.51. The van der Waals surface area contributed by atoms with E-state index in [-0.39, 0.29) is 30.1 Å². The molecule has 1 aliphatic carbocycles. The van der Waals surface area contributed by atoms with Crippen LogP contribution in [0.15, 0.2) is 24.3 Å². The topological polar surface area (TPSA) is 78.5 Å².